The van der Waals surface area contributed by atoms with Crippen LogP contribution in [0.5, 0.6) is 0 Å². The van der Waals surface area contributed by atoms with Crippen molar-refractivity contribution in [1.82, 2.24) is 30.4 Å². The van der Waals surface area contributed by atoms with Crippen LogP contribution >= 0.6 is 12.4 Å². The second-order valence-electron chi connectivity index (χ2n) is 6.65. The van der Waals surface area contributed by atoms with Gasteiger partial charge in [-0.2, -0.15) is 5.10 Å². The monoisotopic (exact) mass is 386 g/mol. The zero-order valence-electron chi connectivity index (χ0n) is 15.0. The number of fused-ring (bicyclic) bond motifs is 1. The summed E-state index contributed by atoms with van der Waals surface area (Å²) in [6.07, 6.45) is 9.81. The third-order valence-electron chi connectivity index (χ3n) is 4.92. The molecule has 0 aliphatic carbocycles. The number of hydrogen-bond acceptors (Lipinski definition) is 5. The number of halogens is 1. The Balaban J connectivity index is 0.00000210. The largest absolute Gasteiger partial charge is 0.331 e. The summed E-state index contributed by atoms with van der Waals surface area (Å²) in [5.41, 5.74) is 2.39. The molecule has 2 N–H and O–H groups in total. The van der Waals surface area contributed by atoms with Crippen LogP contribution in [0.3, 0.4) is 0 Å². The Kier molecular flexibility index (Phi) is 6.36. The number of nitrogens with zero attached hydrogens (tertiary/aromatic N) is 4. The molecule has 0 saturated carbocycles. The topological polar surface area (TPSA) is 86.8 Å². The van der Waals surface area contributed by atoms with Crippen molar-refractivity contribution in [3.8, 4) is 0 Å². The Hall–Kier alpha value is -2.51. The molecule has 1 aromatic carbocycles. The van der Waals surface area contributed by atoms with Crippen molar-refractivity contribution in [2.45, 2.75) is 31.8 Å². The Labute approximate surface area is 164 Å². The van der Waals surface area contributed by atoms with E-state index in [1.165, 1.54) is 6.33 Å². The van der Waals surface area contributed by atoms with Gasteiger partial charge in [0.2, 0.25) is 0 Å². The van der Waals surface area contributed by atoms with Gasteiger partial charge in [0.1, 0.15) is 6.33 Å². The summed E-state index contributed by atoms with van der Waals surface area (Å²) < 4.78 is 0. The first kappa shape index (κ1) is 19.3. The van der Waals surface area contributed by atoms with Crippen molar-refractivity contribution >= 4 is 29.2 Å². The number of benzene rings is 1. The standard InChI is InChI=1S/C19H22N6O.ClH/c26-19(17-5-1-3-15-11-23-24-18(15)17)25(12-14-9-21-13-22-10-14)16-4-2-7-20-8-6-16;/h1,3,5,9-11,13,16,20H,2,4,6-8,12H2,(H,23,24);1H. The molecule has 1 atom stereocenters. The summed E-state index contributed by atoms with van der Waals surface area (Å²) in [5, 5.41) is 11.4. The van der Waals surface area contributed by atoms with Gasteiger partial charge in [0, 0.05) is 35.9 Å². The highest BCUT2D eigenvalue weighted by Crippen LogP contribution is 2.23. The van der Waals surface area contributed by atoms with Gasteiger partial charge in [0.25, 0.3) is 5.91 Å². The van der Waals surface area contributed by atoms with Crippen LogP contribution in [0.25, 0.3) is 10.9 Å². The van der Waals surface area contributed by atoms with Gasteiger partial charge in [-0.15, -0.1) is 12.4 Å². The van der Waals surface area contributed by atoms with E-state index < -0.39 is 0 Å². The van der Waals surface area contributed by atoms with E-state index in [1.807, 2.05) is 23.1 Å². The fraction of sp³-hybridized carbons (Fsp3) is 0.368. The van der Waals surface area contributed by atoms with Gasteiger partial charge in [-0.3, -0.25) is 9.89 Å². The van der Waals surface area contributed by atoms with Gasteiger partial charge in [-0.25, -0.2) is 9.97 Å². The molecule has 7 nitrogen and oxygen atoms in total. The lowest BCUT2D eigenvalue weighted by Gasteiger charge is -2.31. The number of hydrogen-bond donors (Lipinski definition) is 2. The third-order valence-corrected chi connectivity index (χ3v) is 4.92. The van der Waals surface area contributed by atoms with Crippen molar-refractivity contribution in [1.29, 1.82) is 0 Å². The van der Waals surface area contributed by atoms with E-state index in [2.05, 4.69) is 25.5 Å². The molecule has 0 bridgehead atoms. The van der Waals surface area contributed by atoms with Crippen LogP contribution in [0.1, 0.15) is 35.2 Å². The van der Waals surface area contributed by atoms with Crippen molar-refractivity contribution in [3.63, 3.8) is 0 Å². The first-order valence-electron chi connectivity index (χ1n) is 9.00. The second kappa shape index (κ2) is 8.92. The number of aromatic nitrogens is 4. The van der Waals surface area contributed by atoms with Gasteiger partial charge in [-0.05, 0) is 38.4 Å². The van der Waals surface area contributed by atoms with Crippen LogP contribution in [0.4, 0.5) is 0 Å². The Morgan fingerprint density at radius 2 is 2.00 bits per heavy atom. The molecule has 1 unspecified atom stereocenters. The third kappa shape index (κ3) is 4.26. The maximum Gasteiger partial charge on any atom is 0.256 e. The maximum atomic E-state index is 13.5. The molecule has 8 heteroatoms. The minimum absolute atomic E-state index is 0. The molecule has 2 aromatic heterocycles. The SMILES string of the molecule is Cl.O=C(c1cccc2cn[nH]c12)N(Cc1cncnc1)C1CCCNCC1. The number of carbonyl (C=O) groups is 1. The van der Waals surface area contributed by atoms with Crippen molar-refractivity contribution < 1.29 is 4.79 Å². The van der Waals surface area contributed by atoms with Crippen molar-refractivity contribution in [2.75, 3.05) is 13.1 Å². The highest BCUT2D eigenvalue weighted by atomic mass is 35.5. The molecule has 1 fully saturated rings. The summed E-state index contributed by atoms with van der Waals surface area (Å²) in [4.78, 5) is 23.7. The maximum absolute atomic E-state index is 13.5. The first-order chi connectivity index (χ1) is 12.8. The molecule has 1 aliphatic heterocycles. The predicted molar refractivity (Wildman–Crippen MR) is 106 cm³/mol. The summed E-state index contributed by atoms with van der Waals surface area (Å²) >= 11 is 0. The minimum Gasteiger partial charge on any atom is -0.331 e. The van der Waals surface area contributed by atoms with Crippen LogP contribution in [-0.4, -0.2) is 50.1 Å². The van der Waals surface area contributed by atoms with Crippen LogP contribution in [0, 0.1) is 0 Å². The van der Waals surface area contributed by atoms with Gasteiger partial charge in [0.05, 0.1) is 17.3 Å². The van der Waals surface area contributed by atoms with E-state index in [4.69, 9.17) is 0 Å². The highest BCUT2D eigenvalue weighted by molar-refractivity contribution is 6.05. The summed E-state index contributed by atoms with van der Waals surface area (Å²) in [7, 11) is 0. The molecule has 3 heterocycles. The number of carbonyl (C=O) groups excluding carboxylic acids is 1. The van der Waals surface area contributed by atoms with E-state index in [9.17, 15) is 4.79 Å². The second-order valence-corrected chi connectivity index (χ2v) is 6.65. The number of aromatic amines is 1. The molecule has 142 valence electrons. The molecule has 1 aliphatic rings. The zero-order chi connectivity index (χ0) is 17.8. The Bertz CT molecular complexity index is 876. The Morgan fingerprint density at radius 1 is 1.15 bits per heavy atom. The summed E-state index contributed by atoms with van der Waals surface area (Å²) in [6.45, 7) is 2.44. The fourth-order valence-electron chi connectivity index (χ4n) is 3.59. The zero-order valence-corrected chi connectivity index (χ0v) is 15.8. The lowest BCUT2D eigenvalue weighted by atomic mass is 10.0. The molecule has 1 saturated heterocycles. The van der Waals surface area contributed by atoms with Crippen molar-refractivity contribution in [3.05, 3.63) is 54.2 Å². The van der Waals surface area contributed by atoms with Gasteiger partial charge in [0.15, 0.2) is 0 Å². The summed E-state index contributed by atoms with van der Waals surface area (Å²) in [6, 6.07) is 5.92. The molecular formula is C19H23ClN6O. The average Bonchev–Trinajstić information content (AvgIpc) is 3.01. The minimum atomic E-state index is 0. The normalized spacial score (nSPS) is 17.1. The van der Waals surface area contributed by atoms with Crippen LogP contribution in [-0.2, 0) is 6.54 Å². The molecule has 1 amide bonds. The quantitative estimate of drug-likeness (QED) is 0.719. The van der Waals surface area contributed by atoms with E-state index in [1.54, 1.807) is 18.6 Å². The van der Waals surface area contributed by atoms with Crippen LogP contribution in [0.2, 0.25) is 0 Å². The van der Waals surface area contributed by atoms with Crippen LogP contribution in [0.15, 0.2) is 43.1 Å². The van der Waals surface area contributed by atoms with E-state index in [0.29, 0.717) is 12.1 Å². The highest BCUT2D eigenvalue weighted by Gasteiger charge is 2.27. The number of H-pyrrole nitrogens is 1. The fourth-order valence-corrected chi connectivity index (χ4v) is 3.59. The molecule has 3 aromatic rings. The molecule has 4 rings (SSSR count). The van der Waals surface area contributed by atoms with Gasteiger partial charge >= 0.3 is 0 Å². The van der Waals surface area contributed by atoms with E-state index >= 15 is 0 Å². The van der Waals surface area contributed by atoms with Gasteiger partial charge < -0.3 is 10.2 Å². The number of nitrogens with one attached hydrogen (secondary N) is 2. The Morgan fingerprint density at radius 3 is 2.85 bits per heavy atom. The van der Waals surface area contributed by atoms with Crippen LogP contribution < -0.4 is 5.32 Å². The first-order valence-corrected chi connectivity index (χ1v) is 9.00. The predicted octanol–water partition coefficient (Wildman–Crippen LogP) is 2.56. The molecule has 27 heavy (non-hydrogen) atoms. The molecular weight excluding hydrogens is 364 g/mol. The van der Waals surface area contributed by atoms with E-state index in [-0.39, 0.29) is 24.4 Å². The lowest BCUT2D eigenvalue weighted by Crippen LogP contribution is -2.40. The summed E-state index contributed by atoms with van der Waals surface area (Å²) in [5.74, 6) is 0.0237. The number of para-hydroxylation sites is 1. The molecule has 0 spiro atoms. The molecule has 0 radical (unpaired) electrons. The smallest absolute Gasteiger partial charge is 0.256 e. The average molecular weight is 387 g/mol. The van der Waals surface area contributed by atoms with Crippen molar-refractivity contribution in [2.24, 2.45) is 0 Å². The number of rotatable bonds is 4. The van der Waals surface area contributed by atoms with Gasteiger partial charge in [-0.1, -0.05) is 12.1 Å². The lowest BCUT2D eigenvalue weighted by molar-refractivity contribution is 0.0646. The van der Waals surface area contributed by atoms with E-state index in [0.717, 1.165) is 48.8 Å². The number of amides is 1.